The number of benzene rings is 3. The highest BCUT2D eigenvalue weighted by molar-refractivity contribution is 7.86. The van der Waals surface area contributed by atoms with Gasteiger partial charge in [-0.05, 0) is 48.5 Å². The molecule has 16 heteroatoms. The lowest BCUT2D eigenvalue weighted by Gasteiger charge is -2.15. The molecule has 0 atom stereocenters. The minimum absolute atomic E-state index is 0.0280. The third kappa shape index (κ3) is 6.75. The molecular weight excluding hydrogens is 556 g/mol. The molecule has 0 bridgehead atoms. The second kappa shape index (κ2) is 11.7. The molecule has 0 saturated carbocycles. The molecule has 41 heavy (non-hydrogen) atoms. The molecule has 0 aliphatic carbocycles. The number of hydrogen-bond donors (Lipinski definition) is 6. The van der Waals surface area contributed by atoms with Crippen LogP contribution in [0, 0.1) is 0 Å². The van der Waals surface area contributed by atoms with E-state index in [-0.39, 0.29) is 46.0 Å². The predicted molar refractivity (Wildman–Crippen MR) is 149 cm³/mol. The fraction of sp³-hybridized carbons (Fsp3) is 0.0800. The van der Waals surface area contributed by atoms with Gasteiger partial charge in [0.05, 0.1) is 31.3 Å². The number of aromatic nitrogens is 3. The molecule has 1 heterocycles. The number of anilines is 6. The van der Waals surface area contributed by atoms with Gasteiger partial charge in [-0.25, -0.2) is 0 Å². The number of amides is 2. The van der Waals surface area contributed by atoms with Crippen molar-refractivity contribution in [2.75, 3.05) is 30.2 Å². The lowest BCUT2D eigenvalue weighted by Crippen LogP contribution is -2.13. The number of ether oxygens (including phenoxy) is 2. The fourth-order valence-corrected chi connectivity index (χ4v) is 4.27. The van der Waals surface area contributed by atoms with E-state index in [4.69, 9.17) is 20.9 Å². The van der Waals surface area contributed by atoms with Crippen LogP contribution in [0.15, 0.2) is 65.6 Å². The maximum atomic E-state index is 11.9. The Hall–Kier alpha value is -5.48. The van der Waals surface area contributed by atoms with E-state index in [0.717, 1.165) is 0 Å². The molecule has 2 amide bonds. The molecule has 0 fully saturated rings. The van der Waals surface area contributed by atoms with Gasteiger partial charge in [-0.3, -0.25) is 14.1 Å². The number of methoxy groups -OCH3 is 2. The highest BCUT2D eigenvalue weighted by Crippen LogP contribution is 2.31. The topological polar surface area (TPSA) is 234 Å². The van der Waals surface area contributed by atoms with Crippen LogP contribution in [0.3, 0.4) is 0 Å². The van der Waals surface area contributed by atoms with Gasteiger partial charge in [0.15, 0.2) is 0 Å². The Bertz CT molecular complexity index is 1660. The molecule has 4 aromatic rings. The third-order valence-electron chi connectivity index (χ3n) is 5.51. The zero-order valence-electron chi connectivity index (χ0n) is 21.6. The monoisotopic (exact) mass is 580 g/mol. The molecule has 1 aromatic heterocycles. The van der Waals surface area contributed by atoms with Gasteiger partial charge in [0.2, 0.25) is 29.7 Å². The van der Waals surface area contributed by atoms with E-state index in [2.05, 4.69) is 30.9 Å². The minimum Gasteiger partial charge on any atom is -0.495 e. The quantitative estimate of drug-likeness (QED) is 0.140. The molecule has 0 aliphatic heterocycles. The zero-order valence-corrected chi connectivity index (χ0v) is 22.4. The highest BCUT2D eigenvalue weighted by Gasteiger charge is 2.18. The summed E-state index contributed by atoms with van der Waals surface area (Å²) in [4.78, 5) is 36.0. The first-order valence-corrected chi connectivity index (χ1v) is 13.0. The Morgan fingerprint density at radius 2 is 1.12 bits per heavy atom. The molecule has 8 N–H and O–H groups in total. The standard InChI is InChI=1S/C25H24N8O7S/c1-39-18-9-7-13(21(26)34)11-16(18)29-24-31-23(28-15-5-3-4-6-20(15)41(36,37)38)32-25(33-24)30-17-12-14(22(27)35)8-10-19(17)40-2/h3-12H,1-2H3,(H2,26,34)(H2,27,35)(H,36,37,38)(H3,28,29,30,31,32,33). The lowest BCUT2D eigenvalue weighted by atomic mass is 10.2. The van der Waals surface area contributed by atoms with Crippen LogP contribution in [0.5, 0.6) is 11.5 Å². The number of rotatable bonds is 11. The van der Waals surface area contributed by atoms with Gasteiger partial charge in [-0.2, -0.15) is 23.4 Å². The average Bonchev–Trinajstić information content (AvgIpc) is 2.92. The lowest BCUT2D eigenvalue weighted by molar-refractivity contribution is 0.0992. The SMILES string of the molecule is COc1ccc(C(N)=O)cc1Nc1nc(Nc2cc(C(N)=O)ccc2OC)nc(Nc2ccccc2S(=O)(=O)O)n1. The average molecular weight is 581 g/mol. The van der Waals surface area contributed by atoms with E-state index in [1.54, 1.807) is 0 Å². The summed E-state index contributed by atoms with van der Waals surface area (Å²) in [6.45, 7) is 0. The van der Waals surface area contributed by atoms with E-state index >= 15 is 0 Å². The van der Waals surface area contributed by atoms with Crippen molar-refractivity contribution in [3.63, 3.8) is 0 Å². The first-order valence-electron chi connectivity index (χ1n) is 11.6. The molecule has 4 rings (SSSR count). The molecule has 0 spiro atoms. The second-order valence-corrected chi connectivity index (χ2v) is 9.60. The molecule has 0 unspecified atom stereocenters. The van der Waals surface area contributed by atoms with Crippen LogP contribution in [0.2, 0.25) is 0 Å². The van der Waals surface area contributed by atoms with Gasteiger partial charge in [0, 0.05) is 11.1 Å². The van der Waals surface area contributed by atoms with Crippen molar-refractivity contribution < 1.29 is 32.0 Å². The summed E-state index contributed by atoms with van der Waals surface area (Å²) in [7, 11) is -1.76. The van der Waals surface area contributed by atoms with Crippen LogP contribution in [0.25, 0.3) is 0 Å². The van der Waals surface area contributed by atoms with Crippen molar-refractivity contribution in [1.82, 2.24) is 15.0 Å². The van der Waals surface area contributed by atoms with Crippen molar-refractivity contribution in [3.8, 4) is 11.5 Å². The number of nitrogens with one attached hydrogen (secondary N) is 3. The summed E-state index contributed by atoms with van der Waals surface area (Å²) in [6, 6.07) is 14.4. The van der Waals surface area contributed by atoms with Gasteiger partial charge in [-0.1, -0.05) is 12.1 Å². The van der Waals surface area contributed by atoms with Crippen molar-refractivity contribution in [1.29, 1.82) is 0 Å². The number of primary amides is 2. The number of nitrogens with zero attached hydrogens (tertiary/aromatic N) is 3. The molecule has 0 radical (unpaired) electrons. The summed E-state index contributed by atoms with van der Waals surface area (Å²) < 4.78 is 44.2. The van der Waals surface area contributed by atoms with Crippen LogP contribution in [-0.4, -0.2) is 54.0 Å². The van der Waals surface area contributed by atoms with Gasteiger partial charge in [0.25, 0.3) is 10.1 Å². The Labute approximate surface area is 233 Å². The summed E-state index contributed by atoms with van der Waals surface area (Å²) in [5, 5.41) is 8.61. The maximum absolute atomic E-state index is 11.9. The molecule has 212 valence electrons. The van der Waals surface area contributed by atoms with Crippen molar-refractivity contribution in [3.05, 3.63) is 71.8 Å². The van der Waals surface area contributed by atoms with Gasteiger partial charge in [0.1, 0.15) is 16.4 Å². The summed E-state index contributed by atoms with van der Waals surface area (Å²) >= 11 is 0. The van der Waals surface area contributed by atoms with Crippen LogP contribution in [0.4, 0.5) is 34.9 Å². The van der Waals surface area contributed by atoms with Crippen molar-refractivity contribution >= 4 is 56.8 Å². The highest BCUT2D eigenvalue weighted by atomic mass is 32.2. The Morgan fingerprint density at radius 3 is 1.51 bits per heavy atom. The first-order chi connectivity index (χ1) is 19.5. The van der Waals surface area contributed by atoms with E-state index in [9.17, 15) is 22.6 Å². The number of para-hydroxylation sites is 1. The van der Waals surface area contributed by atoms with Gasteiger partial charge >= 0.3 is 0 Å². The summed E-state index contributed by atoms with van der Waals surface area (Å²) in [6.07, 6.45) is 0. The Kier molecular flexibility index (Phi) is 8.16. The third-order valence-corrected chi connectivity index (χ3v) is 6.42. The van der Waals surface area contributed by atoms with Crippen molar-refractivity contribution in [2.24, 2.45) is 11.5 Å². The second-order valence-electron chi connectivity index (χ2n) is 8.21. The van der Waals surface area contributed by atoms with Crippen LogP contribution >= 0.6 is 0 Å². The number of carbonyl (C=O) groups excluding carboxylic acids is 2. The van der Waals surface area contributed by atoms with E-state index in [1.165, 1.54) is 74.9 Å². The predicted octanol–water partition coefficient (Wildman–Crippen LogP) is 2.56. The normalized spacial score (nSPS) is 10.9. The fourth-order valence-electron chi connectivity index (χ4n) is 3.62. The molecular formula is C25H24N8O7S. The number of hydrogen-bond acceptors (Lipinski definition) is 12. The summed E-state index contributed by atoms with van der Waals surface area (Å²) in [5.74, 6) is -1.03. The van der Waals surface area contributed by atoms with E-state index in [0.29, 0.717) is 11.5 Å². The number of carbonyl (C=O) groups is 2. The largest absolute Gasteiger partial charge is 0.495 e. The first kappa shape index (κ1) is 28.5. The number of nitrogens with two attached hydrogens (primary N) is 2. The molecule has 15 nitrogen and oxygen atoms in total. The zero-order chi connectivity index (χ0) is 29.7. The van der Waals surface area contributed by atoms with Crippen LogP contribution in [-0.2, 0) is 10.1 Å². The smallest absolute Gasteiger partial charge is 0.296 e. The molecule has 0 aliphatic rings. The van der Waals surface area contributed by atoms with Gasteiger partial charge in [-0.15, -0.1) is 0 Å². The maximum Gasteiger partial charge on any atom is 0.296 e. The minimum atomic E-state index is -4.60. The Morgan fingerprint density at radius 1 is 0.707 bits per heavy atom. The van der Waals surface area contributed by atoms with Gasteiger partial charge < -0.3 is 36.9 Å². The molecule has 3 aromatic carbocycles. The van der Waals surface area contributed by atoms with E-state index < -0.39 is 26.8 Å². The van der Waals surface area contributed by atoms with E-state index in [1.807, 2.05) is 0 Å². The Balaban J connectivity index is 1.82. The summed E-state index contributed by atoms with van der Waals surface area (Å²) in [5.41, 5.74) is 11.7. The molecule has 0 saturated heterocycles. The van der Waals surface area contributed by atoms with Crippen molar-refractivity contribution in [2.45, 2.75) is 4.90 Å². The van der Waals surface area contributed by atoms with Crippen LogP contribution < -0.4 is 36.9 Å². The van der Waals surface area contributed by atoms with Crippen LogP contribution in [0.1, 0.15) is 20.7 Å².